The van der Waals surface area contributed by atoms with Crippen LogP contribution in [0.1, 0.15) is 34.7 Å². The monoisotopic (exact) mass is 585 g/mol. The molecule has 0 bridgehead atoms. The van der Waals surface area contributed by atoms with E-state index in [1.807, 2.05) is 0 Å². The first-order chi connectivity index (χ1) is 15.5. The molecule has 4 nitrogen and oxygen atoms in total. The molecule has 2 aliphatic rings. The Balaban J connectivity index is 1.49. The number of hydrogen-bond acceptors (Lipinski definition) is 3. The van der Waals surface area contributed by atoms with E-state index in [1.54, 1.807) is 24.3 Å². The summed E-state index contributed by atoms with van der Waals surface area (Å²) in [5.41, 5.74) is 1.30. The minimum absolute atomic E-state index is 0.0750. The number of carbonyl (C=O) groups is 2. The Morgan fingerprint density at radius 2 is 1.70 bits per heavy atom. The number of anilines is 1. The van der Waals surface area contributed by atoms with Crippen molar-refractivity contribution in [2.45, 2.75) is 23.1 Å². The molecule has 0 aromatic heterocycles. The molecule has 2 aromatic rings. The highest BCUT2D eigenvalue weighted by molar-refractivity contribution is 7.85. The minimum Gasteiger partial charge on any atom is -0.326 e. The van der Waals surface area contributed by atoms with Gasteiger partial charge in [-0.1, -0.05) is 46.4 Å². The van der Waals surface area contributed by atoms with Gasteiger partial charge in [-0.3, -0.25) is 13.8 Å². The molecule has 4 rings (SSSR count). The summed E-state index contributed by atoms with van der Waals surface area (Å²) in [4.78, 5) is 25.7. The lowest BCUT2D eigenvalue weighted by Gasteiger charge is -2.11. The highest BCUT2D eigenvalue weighted by atomic mass is 35.5. The Morgan fingerprint density at radius 3 is 2.30 bits per heavy atom. The second-order valence-electron chi connectivity index (χ2n) is 8.20. The quantitative estimate of drug-likeness (QED) is 0.221. The molecule has 4 atom stereocenters. The molecular formula is C22H17Cl6NO3S. The van der Waals surface area contributed by atoms with E-state index in [0.29, 0.717) is 28.3 Å². The van der Waals surface area contributed by atoms with Crippen LogP contribution < -0.4 is 5.32 Å². The molecule has 1 heterocycles. The number of hydrogen-bond donors (Lipinski definition) is 1. The number of benzene rings is 2. The zero-order valence-electron chi connectivity index (χ0n) is 16.8. The van der Waals surface area contributed by atoms with E-state index in [-0.39, 0.29) is 38.2 Å². The number of Topliss-reactive ketones (excluding diaryl/α,β-unsaturated/α-hetero) is 1. The van der Waals surface area contributed by atoms with Crippen LogP contribution in [-0.4, -0.2) is 31.7 Å². The van der Waals surface area contributed by atoms with Crippen LogP contribution in [0.2, 0.25) is 20.1 Å². The van der Waals surface area contributed by atoms with Crippen molar-refractivity contribution in [2.24, 2.45) is 11.8 Å². The second-order valence-corrected chi connectivity index (χ2v) is 12.9. The molecule has 2 aromatic carbocycles. The van der Waals surface area contributed by atoms with Gasteiger partial charge in [0.1, 0.15) is 4.33 Å². The van der Waals surface area contributed by atoms with Crippen LogP contribution in [-0.2, 0) is 15.6 Å². The van der Waals surface area contributed by atoms with Gasteiger partial charge in [0, 0.05) is 45.9 Å². The van der Waals surface area contributed by atoms with Crippen LogP contribution in [0.3, 0.4) is 0 Å². The smallest absolute Gasteiger partial charge is 0.231 e. The molecule has 1 saturated carbocycles. The maximum Gasteiger partial charge on any atom is 0.231 e. The van der Waals surface area contributed by atoms with E-state index in [2.05, 4.69) is 5.32 Å². The molecule has 2 fully saturated rings. The van der Waals surface area contributed by atoms with Gasteiger partial charge in [-0.15, -0.1) is 23.2 Å². The van der Waals surface area contributed by atoms with Crippen molar-refractivity contribution in [3.05, 3.63) is 61.5 Å². The van der Waals surface area contributed by atoms with Crippen molar-refractivity contribution in [1.82, 2.24) is 0 Å². The van der Waals surface area contributed by atoms with Crippen LogP contribution >= 0.6 is 69.6 Å². The topological polar surface area (TPSA) is 63.2 Å². The van der Waals surface area contributed by atoms with E-state index in [4.69, 9.17) is 69.6 Å². The van der Waals surface area contributed by atoms with E-state index >= 15 is 0 Å². The molecule has 1 amide bonds. The Kier molecular flexibility index (Phi) is 7.63. The standard InChI is InChI=1S/C22H17Cl6NO3S/c23-14-2-1-12(8-13(14)17(30)5-10-3-4-33(32)9-10)29-21(31)19-18(22(19,27)28)11-6-15(24)20(26)16(25)7-11/h1-2,6-8,10,18-19H,3-5,9H2,(H,29,31). The zero-order valence-corrected chi connectivity index (χ0v) is 22.2. The normalized spacial score (nSPS) is 25.6. The van der Waals surface area contributed by atoms with E-state index < -0.39 is 32.9 Å². The van der Waals surface area contributed by atoms with Crippen molar-refractivity contribution < 1.29 is 13.8 Å². The zero-order chi connectivity index (χ0) is 24.1. The molecule has 176 valence electrons. The van der Waals surface area contributed by atoms with E-state index in [9.17, 15) is 13.8 Å². The minimum atomic E-state index is -1.35. The summed E-state index contributed by atoms with van der Waals surface area (Å²) in [6.45, 7) is 0. The first-order valence-corrected chi connectivity index (χ1v) is 13.8. The van der Waals surface area contributed by atoms with Crippen LogP contribution in [0.15, 0.2) is 30.3 Å². The van der Waals surface area contributed by atoms with Gasteiger partial charge in [-0.25, -0.2) is 0 Å². The van der Waals surface area contributed by atoms with Crippen molar-refractivity contribution >= 4 is 97.8 Å². The molecule has 1 saturated heterocycles. The number of carbonyl (C=O) groups excluding carboxylic acids is 2. The summed E-state index contributed by atoms with van der Waals surface area (Å²) in [6, 6.07) is 7.85. The Hall–Kier alpha value is -0.530. The molecule has 1 aliphatic carbocycles. The van der Waals surface area contributed by atoms with Gasteiger partial charge in [-0.05, 0) is 48.2 Å². The van der Waals surface area contributed by atoms with Crippen molar-refractivity contribution in [2.75, 3.05) is 16.8 Å². The average molecular weight is 588 g/mol. The fourth-order valence-corrected chi connectivity index (χ4v) is 7.36. The first-order valence-electron chi connectivity index (χ1n) is 10.00. The predicted molar refractivity (Wildman–Crippen MR) is 137 cm³/mol. The molecule has 1 N–H and O–H groups in total. The number of halogens is 6. The maximum absolute atomic E-state index is 13.0. The van der Waals surface area contributed by atoms with Gasteiger partial charge in [0.05, 0.1) is 26.0 Å². The molecule has 4 unspecified atom stereocenters. The van der Waals surface area contributed by atoms with Crippen molar-refractivity contribution in [3.63, 3.8) is 0 Å². The summed E-state index contributed by atoms with van der Waals surface area (Å²) < 4.78 is 10.2. The van der Waals surface area contributed by atoms with Gasteiger partial charge < -0.3 is 5.32 Å². The Bertz CT molecular complexity index is 1150. The summed E-state index contributed by atoms with van der Waals surface area (Å²) in [7, 11) is -0.864. The molecule has 11 heteroatoms. The summed E-state index contributed by atoms with van der Waals surface area (Å²) >= 11 is 37.3. The van der Waals surface area contributed by atoms with Crippen LogP contribution in [0.25, 0.3) is 0 Å². The van der Waals surface area contributed by atoms with Gasteiger partial charge >= 0.3 is 0 Å². The largest absolute Gasteiger partial charge is 0.326 e. The van der Waals surface area contributed by atoms with Gasteiger partial charge in [0.15, 0.2) is 5.78 Å². The SMILES string of the molecule is O=C(CC1CCS(=O)C1)c1cc(NC(=O)C2C(c3cc(Cl)c(Cl)c(Cl)c3)C2(Cl)Cl)ccc1Cl. The molecule has 33 heavy (non-hydrogen) atoms. The highest BCUT2D eigenvalue weighted by Gasteiger charge is 2.67. The number of rotatable bonds is 6. The molecular weight excluding hydrogens is 571 g/mol. The maximum atomic E-state index is 13.0. The van der Waals surface area contributed by atoms with Crippen molar-refractivity contribution in [3.8, 4) is 0 Å². The van der Waals surface area contributed by atoms with Gasteiger partial charge in [0.2, 0.25) is 5.91 Å². The average Bonchev–Trinajstić information content (AvgIpc) is 3.09. The van der Waals surface area contributed by atoms with Crippen LogP contribution in [0, 0.1) is 11.8 Å². The van der Waals surface area contributed by atoms with E-state index in [1.165, 1.54) is 6.07 Å². The summed E-state index contributed by atoms with van der Waals surface area (Å²) in [6.07, 6.45) is 1.01. The third-order valence-corrected chi connectivity index (χ3v) is 9.89. The van der Waals surface area contributed by atoms with Crippen molar-refractivity contribution in [1.29, 1.82) is 0 Å². The third-order valence-electron chi connectivity index (χ3n) is 5.89. The van der Waals surface area contributed by atoms with Crippen LogP contribution in [0.4, 0.5) is 5.69 Å². The lowest BCUT2D eigenvalue weighted by Crippen LogP contribution is -2.17. The second kappa shape index (κ2) is 9.85. The molecule has 0 radical (unpaired) electrons. The summed E-state index contributed by atoms with van der Waals surface area (Å²) in [5.74, 6) is -0.659. The highest BCUT2D eigenvalue weighted by Crippen LogP contribution is 2.65. The Labute approximate surface area is 223 Å². The number of alkyl halides is 2. The fraction of sp³-hybridized carbons (Fsp3) is 0.364. The van der Waals surface area contributed by atoms with Crippen LogP contribution in [0.5, 0.6) is 0 Å². The Morgan fingerprint density at radius 1 is 1.03 bits per heavy atom. The van der Waals surface area contributed by atoms with Gasteiger partial charge in [-0.2, -0.15) is 0 Å². The number of ketones is 1. The lowest BCUT2D eigenvalue weighted by atomic mass is 9.97. The third kappa shape index (κ3) is 5.35. The predicted octanol–water partition coefficient (Wildman–Crippen LogP) is 7.17. The summed E-state index contributed by atoms with van der Waals surface area (Å²) in [5, 5.41) is 3.74. The first kappa shape index (κ1) is 25.6. The van der Waals surface area contributed by atoms with Gasteiger partial charge in [0.25, 0.3) is 0 Å². The van der Waals surface area contributed by atoms with E-state index in [0.717, 1.165) is 6.42 Å². The lowest BCUT2D eigenvalue weighted by molar-refractivity contribution is -0.117. The molecule has 1 aliphatic heterocycles. The molecule has 0 spiro atoms. The number of amides is 1. The fourth-order valence-electron chi connectivity index (χ4n) is 4.12. The number of nitrogens with one attached hydrogen (secondary N) is 1.